The number of nitrogens with zero attached hydrogens (tertiary/aromatic N) is 1. The first-order valence-corrected chi connectivity index (χ1v) is 4.53. The average Bonchev–Trinajstić information content (AvgIpc) is 2.01. The summed E-state index contributed by atoms with van der Waals surface area (Å²) in [6.07, 6.45) is 0. The summed E-state index contributed by atoms with van der Waals surface area (Å²) in [5.74, 6) is 0. The highest BCUT2D eigenvalue weighted by Gasteiger charge is 1.97. The number of benzene rings is 1. The van der Waals surface area contributed by atoms with Crippen LogP contribution < -0.4 is 11.1 Å². The molecule has 1 rings (SSSR count). The Morgan fingerprint density at radius 3 is 2.79 bits per heavy atom. The lowest BCUT2D eigenvalue weighted by Crippen LogP contribution is -2.18. The molecule has 0 fully saturated rings. The topological polar surface area (TPSA) is 41.3 Å². The van der Waals surface area contributed by atoms with Crippen molar-refractivity contribution in [1.29, 1.82) is 0 Å². The van der Waals surface area contributed by atoms with Gasteiger partial charge in [0.25, 0.3) is 0 Å². The minimum Gasteiger partial charge on any atom is -0.399 e. The van der Waals surface area contributed by atoms with Crippen LogP contribution in [0.4, 0.5) is 11.4 Å². The van der Waals surface area contributed by atoms with E-state index in [0.717, 1.165) is 23.6 Å². The van der Waals surface area contributed by atoms with E-state index in [1.165, 1.54) is 0 Å². The predicted octanol–water partition coefficient (Wildman–Crippen LogP) is 1.76. The van der Waals surface area contributed by atoms with Gasteiger partial charge in [0.1, 0.15) is 0 Å². The van der Waals surface area contributed by atoms with Gasteiger partial charge in [-0.1, -0.05) is 12.6 Å². The monoisotopic (exact) mass is 191 g/mol. The summed E-state index contributed by atoms with van der Waals surface area (Å²) in [7, 11) is 4.01. The summed E-state index contributed by atoms with van der Waals surface area (Å²) in [6, 6.07) is 7.64. The molecule has 0 aliphatic carbocycles. The number of nitrogen functional groups attached to an aromatic ring is 1. The molecule has 0 aliphatic heterocycles. The molecule has 0 aliphatic rings. The van der Waals surface area contributed by atoms with Gasteiger partial charge >= 0.3 is 0 Å². The minimum absolute atomic E-state index is 0.757. The molecule has 3 N–H and O–H groups in total. The number of rotatable bonds is 4. The van der Waals surface area contributed by atoms with E-state index in [-0.39, 0.29) is 0 Å². The van der Waals surface area contributed by atoms with Gasteiger partial charge in [0, 0.05) is 23.6 Å². The highest BCUT2D eigenvalue weighted by atomic mass is 15.1. The van der Waals surface area contributed by atoms with E-state index in [9.17, 15) is 0 Å². The summed E-state index contributed by atoms with van der Waals surface area (Å²) in [4.78, 5) is 2.06. The van der Waals surface area contributed by atoms with Crippen LogP contribution in [0.3, 0.4) is 0 Å². The van der Waals surface area contributed by atoms with Crippen LogP contribution in [0, 0.1) is 0 Å². The van der Waals surface area contributed by atoms with Crippen molar-refractivity contribution in [1.82, 2.24) is 4.90 Å². The van der Waals surface area contributed by atoms with Crippen LogP contribution in [0.1, 0.15) is 0 Å². The number of hydrogen-bond donors (Lipinski definition) is 2. The van der Waals surface area contributed by atoms with Crippen molar-refractivity contribution in [3.63, 3.8) is 0 Å². The third-order valence-corrected chi connectivity index (χ3v) is 1.71. The Morgan fingerprint density at radius 2 is 2.21 bits per heavy atom. The zero-order valence-corrected chi connectivity index (χ0v) is 8.75. The van der Waals surface area contributed by atoms with Crippen LogP contribution in [-0.4, -0.2) is 25.5 Å². The molecule has 0 amide bonds. The van der Waals surface area contributed by atoms with Gasteiger partial charge in [-0.3, -0.25) is 0 Å². The van der Waals surface area contributed by atoms with Gasteiger partial charge in [0.15, 0.2) is 0 Å². The molecule has 0 aromatic heterocycles. The van der Waals surface area contributed by atoms with Crippen LogP contribution in [0.2, 0.25) is 0 Å². The molecule has 1 aromatic rings. The lowest BCUT2D eigenvalue weighted by molar-refractivity contribution is 0.447. The van der Waals surface area contributed by atoms with E-state index in [2.05, 4.69) is 16.8 Å². The molecule has 3 heteroatoms. The van der Waals surface area contributed by atoms with Gasteiger partial charge in [-0.25, -0.2) is 0 Å². The highest BCUT2D eigenvalue weighted by molar-refractivity contribution is 5.56. The van der Waals surface area contributed by atoms with Crippen LogP contribution in [-0.2, 0) is 0 Å². The summed E-state index contributed by atoms with van der Waals surface area (Å²) in [5.41, 5.74) is 8.35. The standard InChI is InChI=1S/C11H17N3/c1-9(8-14(2)3)13-11-6-4-5-10(12)7-11/h4-7,13H,1,8,12H2,2-3H3. The first kappa shape index (κ1) is 10.6. The van der Waals surface area contributed by atoms with Crippen LogP contribution in [0.25, 0.3) is 0 Å². The van der Waals surface area contributed by atoms with Gasteiger partial charge in [-0.05, 0) is 32.3 Å². The number of hydrogen-bond acceptors (Lipinski definition) is 3. The van der Waals surface area contributed by atoms with Crippen molar-refractivity contribution in [2.24, 2.45) is 0 Å². The Balaban J connectivity index is 2.56. The van der Waals surface area contributed by atoms with E-state index in [0.29, 0.717) is 0 Å². The molecule has 1 aromatic carbocycles. The molecule has 14 heavy (non-hydrogen) atoms. The number of nitrogens with two attached hydrogens (primary N) is 1. The Labute approximate surface area is 85.2 Å². The van der Waals surface area contributed by atoms with Crippen molar-refractivity contribution >= 4 is 11.4 Å². The Morgan fingerprint density at radius 1 is 1.50 bits per heavy atom. The van der Waals surface area contributed by atoms with Gasteiger partial charge in [-0.2, -0.15) is 0 Å². The zero-order chi connectivity index (χ0) is 10.6. The van der Waals surface area contributed by atoms with Crippen molar-refractivity contribution < 1.29 is 0 Å². The van der Waals surface area contributed by atoms with E-state index < -0.39 is 0 Å². The van der Waals surface area contributed by atoms with Crippen LogP contribution in [0.5, 0.6) is 0 Å². The molecule has 0 atom stereocenters. The third kappa shape index (κ3) is 3.49. The predicted molar refractivity (Wildman–Crippen MR) is 62.2 cm³/mol. The smallest absolute Gasteiger partial charge is 0.0402 e. The fraction of sp³-hybridized carbons (Fsp3) is 0.273. The Bertz CT molecular complexity index is 318. The van der Waals surface area contributed by atoms with Crippen LogP contribution >= 0.6 is 0 Å². The van der Waals surface area contributed by atoms with Crippen molar-refractivity contribution in [3.8, 4) is 0 Å². The number of nitrogens with one attached hydrogen (secondary N) is 1. The molecule has 0 radical (unpaired) electrons. The maximum atomic E-state index is 5.66. The largest absolute Gasteiger partial charge is 0.399 e. The zero-order valence-electron chi connectivity index (χ0n) is 8.75. The Hall–Kier alpha value is -1.48. The van der Waals surface area contributed by atoms with Gasteiger partial charge in [0.05, 0.1) is 0 Å². The molecular formula is C11H17N3. The van der Waals surface area contributed by atoms with Crippen molar-refractivity contribution in [3.05, 3.63) is 36.5 Å². The fourth-order valence-corrected chi connectivity index (χ4v) is 1.24. The summed E-state index contributed by atoms with van der Waals surface area (Å²) in [5, 5.41) is 3.20. The number of anilines is 2. The van der Waals surface area contributed by atoms with E-state index in [4.69, 9.17) is 5.73 Å². The summed E-state index contributed by atoms with van der Waals surface area (Å²) < 4.78 is 0. The number of likely N-dealkylation sites (N-methyl/N-ethyl adjacent to an activating group) is 1. The molecule has 0 saturated heterocycles. The van der Waals surface area contributed by atoms with Crippen molar-refractivity contribution in [2.75, 3.05) is 31.7 Å². The van der Waals surface area contributed by atoms with E-state index in [1.807, 2.05) is 38.4 Å². The molecule has 0 unspecified atom stereocenters. The lowest BCUT2D eigenvalue weighted by Gasteiger charge is -2.14. The average molecular weight is 191 g/mol. The second kappa shape index (κ2) is 4.67. The first-order chi connectivity index (χ1) is 6.58. The van der Waals surface area contributed by atoms with Gasteiger partial charge < -0.3 is 16.0 Å². The third-order valence-electron chi connectivity index (χ3n) is 1.71. The lowest BCUT2D eigenvalue weighted by atomic mass is 10.2. The quantitative estimate of drug-likeness (QED) is 0.712. The van der Waals surface area contributed by atoms with Crippen LogP contribution in [0.15, 0.2) is 36.5 Å². The molecule has 76 valence electrons. The van der Waals surface area contributed by atoms with Gasteiger partial charge in [-0.15, -0.1) is 0 Å². The van der Waals surface area contributed by atoms with Crippen molar-refractivity contribution in [2.45, 2.75) is 0 Å². The molecule has 0 saturated carbocycles. The maximum Gasteiger partial charge on any atom is 0.0402 e. The normalized spacial score (nSPS) is 10.2. The van der Waals surface area contributed by atoms with E-state index in [1.54, 1.807) is 0 Å². The molecule has 0 bridgehead atoms. The Kier molecular flexibility index (Phi) is 3.54. The second-order valence-electron chi connectivity index (χ2n) is 3.59. The fourth-order valence-electron chi connectivity index (χ4n) is 1.24. The second-order valence-corrected chi connectivity index (χ2v) is 3.59. The highest BCUT2D eigenvalue weighted by Crippen LogP contribution is 2.13. The minimum atomic E-state index is 0.757. The van der Waals surface area contributed by atoms with Gasteiger partial charge in [0.2, 0.25) is 0 Å². The summed E-state index contributed by atoms with van der Waals surface area (Å²) >= 11 is 0. The summed E-state index contributed by atoms with van der Waals surface area (Å²) in [6.45, 7) is 4.74. The molecule has 3 nitrogen and oxygen atoms in total. The molecule has 0 heterocycles. The molecule has 0 spiro atoms. The SMILES string of the molecule is C=C(CN(C)C)Nc1cccc(N)c1. The van der Waals surface area contributed by atoms with E-state index >= 15 is 0 Å². The first-order valence-electron chi connectivity index (χ1n) is 4.53. The maximum absolute atomic E-state index is 5.66. The molecular weight excluding hydrogens is 174 g/mol.